The van der Waals surface area contributed by atoms with E-state index in [9.17, 15) is 17.6 Å². The smallest absolute Gasteiger partial charge is 0.323 e. The number of esters is 1. The third-order valence-corrected chi connectivity index (χ3v) is 10.5. The van der Waals surface area contributed by atoms with Crippen molar-refractivity contribution < 1.29 is 22.3 Å². The van der Waals surface area contributed by atoms with Crippen molar-refractivity contribution in [3.05, 3.63) is 90.2 Å². The van der Waals surface area contributed by atoms with Gasteiger partial charge in [0.1, 0.15) is 16.9 Å². The van der Waals surface area contributed by atoms with Gasteiger partial charge in [-0.1, -0.05) is 68.4 Å². The summed E-state index contributed by atoms with van der Waals surface area (Å²) in [7, 11) is -3.85. The predicted octanol–water partition coefficient (Wildman–Crippen LogP) is 5.57. The van der Waals surface area contributed by atoms with E-state index in [4.69, 9.17) is 10.5 Å². The van der Waals surface area contributed by atoms with Crippen molar-refractivity contribution in [2.75, 3.05) is 18.9 Å². The normalized spacial score (nSPS) is 19.0. The van der Waals surface area contributed by atoms with Crippen molar-refractivity contribution in [1.82, 2.24) is 9.62 Å². The minimum atomic E-state index is -3.85. The van der Waals surface area contributed by atoms with E-state index in [1.807, 2.05) is 63.2 Å². The summed E-state index contributed by atoms with van der Waals surface area (Å²) in [5.41, 5.74) is 8.60. The second-order valence-electron chi connectivity index (χ2n) is 10.3. The average Bonchev–Trinajstić information content (AvgIpc) is 3.34. The number of sulfonamides is 1. The van der Waals surface area contributed by atoms with Crippen molar-refractivity contribution in [3.8, 4) is 11.1 Å². The molecule has 3 aromatic carbocycles. The van der Waals surface area contributed by atoms with Gasteiger partial charge in [0, 0.05) is 24.8 Å². The molecular weight excluding hydrogens is 585 g/mol. The van der Waals surface area contributed by atoms with E-state index in [0.29, 0.717) is 18.7 Å². The summed E-state index contributed by atoms with van der Waals surface area (Å²) in [5, 5.41) is 3.48. The van der Waals surface area contributed by atoms with Crippen LogP contribution in [0.1, 0.15) is 38.8 Å². The lowest BCUT2D eigenvalue weighted by atomic mass is 10.0. The molecule has 222 valence electrons. The molecule has 1 saturated heterocycles. The van der Waals surface area contributed by atoms with E-state index in [1.165, 1.54) is 28.2 Å². The van der Waals surface area contributed by atoms with E-state index in [2.05, 4.69) is 5.32 Å². The summed E-state index contributed by atoms with van der Waals surface area (Å²) in [6.07, 6.45) is 0.345. The van der Waals surface area contributed by atoms with E-state index in [-0.39, 0.29) is 35.6 Å². The molecule has 3 unspecified atom stereocenters. The molecule has 0 aliphatic carbocycles. The number of carbonyl (C=O) groups is 1. The standard InChI is InChI=1S/C30H36FN3O4S2.ClH/c1-21(2)28(32)29(35)38-19-17-27(24-9-13-25(31)14-10-24)33-30(3)34(18-20-39-30)40(36,37)26-15-11-23(12-16-26)22-7-5-4-6-8-22;/h4-16,21,27-28,33H,17-20,32H2,1-3H3;1H. The zero-order valence-electron chi connectivity index (χ0n) is 23.3. The van der Waals surface area contributed by atoms with Crippen molar-refractivity contribution >= 4 is 40.2 Å². The number of nitrogens with zero attached hydrogens (tertiary/aromatic N) is 1. The number of thioether (sulfide) groups is 1. The summed E-state index contributed by atoms with van der Waals surface area (Å²) >= 11 is 1.48. The van der Waals surface area contributed by atoms with E-state index < -0.39 is 33.1 Å². The second-order valence-corrected chi connectivity index (χ2v) is 13.6. The van der Waals surface area contributed by atoms with Gasteiger partial charge in [-0.15, -0.1) is 24.2 Å². The van der Waals surface area contributed by atoms with Crippen LogP contribution in [0.25, 0.3) is 11.1 Å². The van der Waals surface area contributed by atoms with Crippen LogP contribution in [0, 0.1) is 11.7 Å². The Bertz CT molecular complexity index is 1390. The number of hydrogen-bond donors (Lipinski definition) is 2. The molecule has 0 radical (unpaired) electrons. The third kappa shape index (κ3) is 7.88. The first-order chi connectivity index (χ1) is 19.0. The summed E-state index contributed by atoms with van der Waals surface area (Å²) in [4.78, 5) is 11.5. The molecule has 0 spiro atoms. The molecule has 0 bridgehead atoms. The molecule has 0 aromatic heterocycles. The van der Waals surface area contributed by atoms with E-state index >= 15 is 0 Å². The Kier molecular flexibility index (Phi) is 11.4. The van der Waals surface area contributed by atoms with Crippen LogP contribution in [-0.2, 0) is 19.6 Å². The van der Waals surface area contributed by atoms with E-state index in [1.54, 1.807) is 24.3 Å². The summed E-state index contributed by atoms with van der Waals surface area (Å²) < 4.78 is 48.3. The zero-order chi connectivity index (χ0) is 28.9. The van der Waals surface area contributed by atoms with Crippen molar-refractivity contribution in [2.45, 2.75) is 49.2 Å². The number of ether oxygens (including phenoxy) is 1. The molecule has 1 aliphatic heterocycles. The van der Waals surface area contributed by atoms with E-state index in [0.717, 1.165) is 16.7 Å². The molecule has 1 fully saturated rings. The van der Waals surface area contributed by atoms with Gasteiger partial charge in [-0.2, -0.15) is 4.31 Å². The number of carbonyl (C=O) groups excluding carboxylic acids is 1. The minimum Gasteiger partial charge on any atom is -0.464 e. The van der Waals surface area contributed by atoms with Crippen LogP contribution >= 0.6 is 24.2 Å². The number of nitrogens with one attached hydrogen (secondary N) is 1. The largest absolute Gasteiger partial charge is 0.464 e. The summed E-state index contributed by atoms with van der Waals surface area (Å²) in [6.45, 7) is 5.92. The number of rotatable bonds is 11. The van der Waals surface area contributed by atoms with Gasteiger partial charge in [-0.25, -0.2) is 12.8 Å². The average molecular weight is 622 g/mol. The predicted molar refractivity (Wildman–Crippen MR) is 165 cm³/mol. The molecular formula is C30H37ClFN3O4S2. The Morgan fingerprint density at radius 1 is 1.05 bits per heavy atom. The van der Waals surface area contributed by atoms with Crippen molar-refractivity contribution in [2.24, 2.45) is 11.7 Å². The second kappa shape index (κ2) is 14.1. The maximum atomic E-state index is 13.8. The van der Waals surface area contributed by atoms with Crippen LogP contribution in [0.4, 0.5) is 4.39 Å². The first kappa shape index (κ1) is 33.0. The van der Waals surface area contributed by atoms with Gasteiger partial charge < -0.3 is 10.5 Å². The highest BCUT2D eigenvalue weighted by atomic mass is 35.5. The topological polar surface area (TPSA) is 102 Å². The molecule has 11 heteroatoms. The highest BCUT2D eigenvalue weighted by molar-refractivity contribution is 8.02. The van der Waals surface area contributed by atoms with Crippen LogP contribution in [-0.4, -0.2) is 48.6 Å². The Morgan fingerprint density at radius 3 is 2.27 bits per heavy atom. The van der Waals surface area contributed by atoms with Gasteiger partial charge in [0.2, 0.25) is 10.0 Å². The van der Waals surface area contributed by atoms with Crippen molar-refractivity contribution in [3.63, 3.8) is 0 Å². The van der Waals surface area contributed by atoms with Crippen LogP contribution < -0.4 is 11.1 Å². The molecule has 1 aliphatic rings. The molecule has 41 heavy (non-hydrogen) atoms. The highest BCUT2D eigenvalue weighted by Crippen LogP contribution is 2.40. The van der Waals surface area contributed by atoms with Gasteiger partial charge in [0.05, 0.1) is 11.5 Å². The van der Waals surface area contributed by atoms with Gasteiger partial charge in [-0.05, 0) is 53.8 Å². The number of halogens is 2. The fourth-order valence-electron chi connectivity index (χ4n) is 4.64. The Labute approximate surface area is 252 Å². The first-order valence-corrected chi connectivity index (χ1v) is 15.7. The first-order valence-electron chi connectivity index (χ1n) is 13.3. The lowest BCUT2D eigenvalue weighted by molar-refractivity contribution is -0.146. The molecule has 1 heterocycles. The monoisotopic (exact) mass is 621 g/mol. The third-order valence-electron chi connectivity index (χ3n) is 7.06. The molecule has 0 saturated carbocycles. The molecule has 3 atom stereocenters. The Balaban J connectivity index is 0.00000462. The fraction of sp³-hybridized carbons (Fsp3) is 0.367. The Morgan fingerprint density at radius 2 is 1.66 bits per heavy atom. The molecule has 3 aromatic rings. The van der Waals surface area contributed by atoms with Gasteiger partial charge >= 0.3 is 5.97 Å². The highest BCUT2D eigenvalue weighted by Gasteiger charge is 2.46. The van der Waals surface area contributed by atoms with Gasteiger partial charge in [-0.3, -0.25) is 10.1 Å². The summed E-state index contributed by atoms with van der Waals surface area (Å²) in [6, 6.07) is 21.5. The number of nitrogens with two attached hydrogens (primary N) is 1. The lowest BCUT2D eigenvalue weighted by Gasteiger charge is -2.37. The fourth-order valence-corrected chi connectivity index (χ4v) is 7.92. The number of benzene rings is 3. The minimum absolute atomic E-state index is 0. The Hall–Kier alpha value is -2.47. The number of hydrogen-bond acceptors (Lipinski definition) is 7. The van der Waals surface area contributed by atoms with Crippen molar-refractivity contribution in [1.29, 1.82) is 0 Å². The van der Waals surface area contributed by atoms with Crippen LogP contribution in [0.5, 0.6) is 0 Å². The van der Waals surface area contributed by atoms with Crippen LogP contribution in [0.3, 0.4) is 0 Å². The summed E-state index contributed by atoms with van der Waals surface area (Å²) in [5.74, 6) is -0.328. The zero-order valence-corrected chi connectivity index (χ0v) is 25.8. The van der Waals surface area contributed by atoms with Crippen LogP contribution in [0.15, 0.2) is 83.8 Å². The molecule has 0 amide bonds. The maximum Gasteiger partial charge on any atom is 0.323 e. The maximum absolute atomic E-state index is 13.8. The van der Waals surface area contributed by atoms with Gasteiger partial charge in [0.15, 0.2) is 0 Å². The van der Waals surface area contributed by atoms with Gasteiger partial charge in [0.25, 0.3) is 0 Å². The quantitative estimate of drug-likeness (QED) is 0.270. The van der Waals surface area contributed by atoms with Crippen LogP contribution in [0.2, 0.25) is 0 Å². The SMILES string of the molecule is CC(C)C(N)C(=O)OCCC(NC1(C)SCCN1S(=O)(=O)c1ccc(-c2ccccc2)cc1)c1ccc(F)cc1.Cl. The molecule has 7 nitrogen and oxygen atoms in total. The molecule has 4 rings (SSSR count). The lowest BCUT2D eigenvalue weighted by Crippen LogP contribution is -2.54. The molecule has 3 N–H and O–H groups in total.